The molecule has 2 aromatic carbocycles. The van der Waals surface area contributed by atoms with Crippen molar-refractivity contribution >= 4 is 29.0 Å². The summed E-state index contributed by atoms with van der Waals surface area (Å²) in [6, 6.07) is 18.5. The summed E-state index contributed by atoms with van der Waals surface area (Å²) in [6.45, 7) is 1.54. The second kappa shape index (κ2) is 13.4. The average molecular weight is 484 g/mol. The first kappa shape index (κ1) is 25.3. The van der Waals surface area contributed by atoms with Gasteiger partial charge in [-0.15, -0.1) is 11.3 Å². The zero-order chi connectivity index (χ0) is 24.2. The molecular formula is C26H29NO6S. The molecule has 8 heteroatoms. The molecule has 7 nitrogen and oxygen atoms in total. The summed E-state index contributed by atoms with van der Waals surface area (Å²) in [7, 11) is 2.97. The zero-order valence-corrected chi connectivity index (χ0v) is 20.0. The summed E-state index contributed by atoms with van der Waals surface area (Å²) in [5.41, 5.74) is 1.35. The van der Waals surface area contributed by atoms with Gasteiger partial charge in [-0.3, -0.25) is 0 Å². The van der Waals surface area contributed by atoms with E-state index in [1.165, 1.54) is 18.4 Å². The highest BCUT2D eigenvalue weighted by molar-refractivity contribution is 7.11. The summed E-state index contributed by atoms with van der Waals surface area (Å²) in [4.78, 5) is 13.0. The molecule has 1 heterocycles. The molecule has 34 heavy (non-hydrogen) atoms. The number of nitrogens with one attached hydrogen (secondary N) is 1. The highest BCUT2D eigenvalue weighted by atomic mass is 32.1. The number of methoxy groups -OCH3 is 2. The minimum atomic E-state index is -0.671. The summed E-state index contributed by atoms with van der Waals surface area (Å²) in [5, 5.41) is 15.2. The quantitative estimate of drug-likeness (QED) is 0.217. The van der Waals surface area contributed by atoms with Gasteiger partial charge in [0.05, 0.1) is 19.8 Å². The van der Waals surface area contributed by atoms with Gasteiger partial charge in [-0.25, -0.2) is 4.79 Å². The molecule has 1 unspecified atom stereocenters. The number of para-hydroxylation sites is 2. The second-order valence-corrected chi connectivity index (χ2v) is 8.21. The predicted octanol–water partition coefficient (Wildman–Crippen LogP) is 3.88. The third-order valence-electron chi connectivity index (χ3n) is 4.81. The molecule has 2 N–H and O–H groups in total. The Morgan fingerprint density at radius 3 is 2.47 bits per heavy atom. The number of benzene rings is 2. The van der Waals surface area contributed by atoms with Gasteiger partial charge in [0.25, 0.3) is 0 Å². The lowest BCUT2D eigenvalue weighted by molar-refractivity contribution is -0.133. The first-order valence-electron chi connectivity index (χ1n) is 10.8. The van der Waals surface area contributed by atoms with Gasteiger partial charge >= 0.3 is 5.97 Å². The Bertz CT molecular complexity index is 1050. The summed E-state index contributed by atoms with van der Waals surface area (Å²) in [5.74, 6) is 1.62. The highest BCUT2D eigenvalue weighted by Gasteiger charge is 2.13. The SMILES string of the molecule is COC(=O)/C(=C/c1ccc(OCC(O)CNCCOc2ccccc2OC)cc1)c1cccs1. The van der Waals surface area contributed by atoms with Crippen molar-refractivity contribution in [1.82, 2.24) is 5.32 Å². The number of carbonyl (C=O) groups excluding carboxylic acids is 1. The number of thiophene rings is 1. The maximum Gasteiger partial charge on any atom is 0.339 e. The number of esters is 1. The van der Waals surface area contributed by atoms with Gasteiger partial charge in [0.2, 0.25) is 0 Å². The van der Waals surface area contributed by atoms with Crippen molar-refractivity contribution in [3.8, 4) is 17.2 Å². The number of hydrogen-bond acceptors (Lipinski definition) is 8. The summed E-state index contributed by atoms with van der Waals surface area (Å²) >= 11 is 1.48. The fourth-order valence-corrected chi connectivity index (χ4v) is 3.82. The Hall–Kier alpha value is -3.33. The van der Waals surface area contributed by atoms with Gasteiger partial charge in [-0.05, 0) is 47.4 Å². The van der Waals surface area contributed by atoms with Crippen LogP contribution in [0.15, 0.2) is 66.0 Å². The van der Waals surface area contributed by atoms with Crippen LogP contribution in [0.2, 0.25) is 0 Å². The van der Waals surface area contributed by atoms with Crippen molar-refractivity contribution in [2.45, 2.75) is 6.10 Å². The van der Waals surface area contributed by atoms with Gasteiger partial charge in [-0.1, -0.05) is 30.3 Å². The molecule has 0 saturated heterocycles. The maximum absolute atomic E-state index is 12.1. The smallest absolute Gasteiger partial charge is 0.339 e. The first-order valence-corrected chi connectivity index (χ1v) is 11.7. The van der Waals surface area contributed by atoms with Crippen LogP contribution in [0.4, 0.5) is 0 Å². The van der Waals surface area contributed by atoms with E-state index < -0.39 is 6.10 Å². The summed E-state index contributed by atoms with van der Waals surface area (Å²) in [6.07, 6.45) is 1.11. The molecule has 0 aliphatic rings. The van der Waals surface area contributed by atoms with Crippen LogP contribution in [0.25, 0.3) is 11.6 Å². The van der Waals surface area contributed by atoms with Gasteiger partial charge in [0.15, 0.2) is 11.5 Å². The molecule has 3 rings (SSSR count). The lowest BCUT2D eigenvalue weighted by Crippen LogP contribution is -2.33. The van der Waals surface area contributed by atoms with Crippen molar-refractivity contribution in [1.29, 1.82) is 0 Å². The number of aliphatic hydroxyl groups is 1. The molecule has 3 aromatic rings. The Balaban J connectivity index is 1.41. The molecule has 1 atom stereocenters. The van der Waals surface area contributed by atoms with Crippen LogP contribution in [0.1, 0.15) is 10.4 Å². The fourth-order valence-electron chi connectivity index (χ4n) is 3.09. The van der Waals surface area contributed by atoms with Crippen LogP contribution in [0, 0.1) is 0 Å². The molecule has 0 radical (unpaired) electrons. The van der Waals surface area contributed by atoms with Crippen LogP contribution in [-0.2, 0) is 9.53 Å². The third kappa shape index (κ3) is 7.62. The Kier molecular flexibility index (Phi) is 9.97. The normalized spacial score (nSPS) is 12.1. The van der Waals surface area contributed by atoms with Crippen molar-refractivity contribution in [2.75, 3.05) is 40.5 Å². The predicted molar refractivity (Wildman–Crippen MR) is 134 cm³/mol. The summed E-state index contributed by atoms with van der Waals surface area (Å²) < 4.78 is 21.5. The Morgan fingerprint density at radius 2 is 1.79 bits per heavy atom. The minimum Gasteiger partial charge on any atom is -0.493 e. The largest absolute Gasteiger partial charge is 0.493 e. The Labute approximate surface area is 203 Å². The molecule has 180 valence electrons. The van der Waals surface area contributed by atoms with Gasteiger partial charge in [-0.2, -0.15) is 0 Å². The minimum absolute atomic E-state index is 0.151. The van der Waals surface area contributed by atoms with E-state index in [1.807, 2.05) is 53.9 Å². The van der Waals surface area contributed by atoms with Crippen molar-refractivity contribution in [3.05, 3.63) is 76.5 Å². The molecule has 0 bridgehead atoms. The van der Waals surface area contributed by atoms with Crippen LogP contribution >= 0.6 is 11.3 Å². The van der Waals surface area contributed by atoms with Gasteiger partial charge in [0.1, 0.15) is 25.1 Å². The molecule has 0 aliphatic carbocycles. The van der Waals surface area contributed by atoms with Gasteiger partial charge in [0, 0.05) is 18.0 Å². The van der Waals surface area contributed by atoms with Crippen molar-refractivity contribution in [2.24, 2.45) is 0 Å². The van der Waals surface area contributed by atoms with E-state index in [0.717, 1.165) is 10.4 Å². The van der Waals surface area contributed by atoms with E-state index in [0.29, 0.717) is 42.5 Å². The average Bonchev–Trinajstić information content (AvgIpc) is 3.41. The van der Waals surface area contributed by atoms with E-state index in [9.17, 15) is 9.90 Å². The van der Waals surface area contributed by atoms with Crippen LogP contribution < -0.4 is 19.5 Å². The van der Waals surface area contributed by atoms with Crippen molar-refractivity contribution < 1.29 is 28.8 Å². The molecule has 0 fully saturated rings. The van der Waals surface area contributed by atoms with E-state index >= 15 is 0 Å². The van der Waals surface area contributed by atoms with E-state index in [1.54, 1.807) is 25.3 Å². The highest BCUT2D eigenvalue weighted by Crippen LogP contribution is 2.26. The second-order valence-electron chi connectivity index (χ2n) is 7.26. The Morgan fingerprint density at radius 1 is 1.03 bits per heavy atom. The number of ether oxygens (including phenoxy) is 4. The van der Waals surface area contributed by atoms with Crippen LogP contribution in [0.3, 0.4) is 0 Å². The lowest BCUT2D eigenvalue weighted by Gasteiger charge is -2.14. The van der Waals surface area contributed by atoms with Crippen LogP contribution in [-0.4, -0.2) is 57.7 Å². The van der Waals surface area contributed by atoms with E-state index in [-0.39, 0.29) is 12.6 Å². The van der Waals surface area contributed by atoms with Crippen molar-refractivity contribution in [3.63, 3.8) is 0 Å². The number of carbonyl (C=O) groups is 1. The number of rotatable bonds is 13. The van der Waals surface area contributed by atoms with E-state index in [4.69, 9.17) is 18.9 Å². The lowest BCUT2D eigenvalue weighted by atomic mass is 10.1. The molecule has 0 amide bonds. The molecular weight excluding hydrogens is 454 g/mol. The molecule has 0 saturated carbocycles. The zero-order valence-electron chi connectivity index (χ0n) is 19.2. The standard InChI is InChI=1S/C26H29NO6S/c1-30-23-6-3-4-7-24(23)32-14-13-27-17-20(28)18-33-21-11-9-19(10-12-21)16-22(26(29)31-2)25-8-5-15-34-25/h3-12,15-16,20,27-28H,13-14,17-18H2,1-2H3/b22-16+. The molecule has 0 aliphatic heterocycles. The maximum atomic E-state index is 12.1. The fraction of sp³-hybridized carbons (Fsp3) is 0.269. The third-order valence-corrected chi connectivity index (χ3v) is 5.71. The number of aliphatic hydroxyl groups excluding tert-OH is 1. The molecule has 1 aromatic heterocycles. The number of hydrogen-bond donors (Lipinski definition) is 2. The first-order chi connectivity index (χ1) is 16.6. The topological polar surface area (TPSA) is 86.3 Å². The molecule has 0 spiro atoms. The monoisotopic (exact) mass is 483 g/mol. The van der Waals surface area contributed by atoms with Crippen LogP contribution in [0.5, 0.6) is 17.2 Å². The van der Waals surface area contributed by atoms with E-state index in [2.05, 4.69) is 5.32 Å². The van der Waals surface area contributed by atoms with Gasteiger partial charge < -0.3 is 29.4 Å².